The van der Waals surface area contributed by atoms with Gasteiger partial charge in [0, 0.05) is 16.8 Å². The molecule has 0 radical (unpaired) electrons. The second-order valence-electron chi connectivity index (χ2n) is 5.64. The van der Waals surface area contributed by atoms with Gasteiger partial charge < -0.3 is 4.74 Å². The summed E-state index contributed by atoms with van der Waals surface area (Å²) in [5.74, 6) is 0.720. The Morgan fingerprint density at radius 3 is 2.45 bits per heavy atom. The van der Waals surface area contributed by atoms with Crippen LogP contribution in [0.2, 0.25) is 0 Å². The molecule has 0 spiro atoms. The molecule has 0 heterocycles. The number of hydrogen-bond acceptors (Lipinski definition) is 3. The van der Waals surface area contributed by atoms with E-state index in [9.17, 15) is 8.42 Å². The summed E-state index contributed by atoms with van der Waals surface area (Å²) >= 11 is 0. The third kappa shape index (κ3) is 2.96. The lowest BCUT2D eigenvalue weighted by atomic mass is 10.1. The molecule has 0 aliphatic heterocycles. The van der Waals surface area contributed by atoms with Crippen LogP contribution >= 0.6 is 0 Å². The Kier molecular flexibility index (Phi) is 4.36. The van der Waals surface area contributed by atoms with E-state index in [-0.39, 0.29) is 6.04 Å². The van der Waals surface area contributed by atoms with Crippen LogP contribution in [-0.2, 0) is 10.0 Å². The van der Waals surface area contributed by atoms with Crippen LogP contribution in [0.25, 0.3) is 10.8 Å². The molecule has 1 aliphatic carbocycles. The van der Waals surface area contributed by atoms with E-state index < -0.39 is 10.0 Å². The van der Waals surface area contributed by atoms with Gasteiger partial charge in [0.25, 0.3) is 0 Å². The van der Waals surface area contributed by atoms with Crippen molar-refractivity contribution in [1.29, 1.82) is 0 Å². The average molecular weight is 319 g/mol. The molecule has 1 fully saturated rings. The normalized spacial score (nSPS) is 16.2. The predicted molar refractivity (Wildman–Crippen MR) is 87.7 cm³/mol. The molecule has 22 heavy (non-hydrogen) atoms. The minimum atomic E-state index is -3.51. The van der Waals surface area contributed by atoms with Gasteiger partial charge in [0.15, 0.2) is 0 Å². The van der Waals surface area contributed by atoms with E-state index >= 15 is 0 Å². The first-order valence-corrected chi connectivity index (χ1v) is 9.27. The molecular formula is C17H21NO3S. The third-order valence-corrected chi connectivity index (χ3v) is 5.69. The minimum Gasteiger partial charge on any atom is -0.493 e. The van der Waals surface area contributed by atoms with Crippen molar-refractivity contribution in [2.45, 2.75) is 43.5 Å². The monoisotopic (exact) mass is 319 g/mol. The Morgan fingerprint density at radius 1 is 1.09 bits per heavy atom. The molecule has 2 aromatic rings. The molecule has 0 bridgehead atoms. The van der Waals surface area contributed by atoms with E-state index in [0.29, 0.717) is 16.9 Å². The molecule has 1 saturated carbocycles. The van der Waals surface area contributed by atoms with E-state index in [0.717, 1.165) is 36.8 Å². The number of ether oxygens (including phenoxy) is 1. The molecular weight excluding hydrogens is 298 g/mol. The van der Waals surface area contributed by atoms with Gasteiger partial charge >= 0.3 is 0 Å². The van der Waals surface area contributed by atoms with Crippen molar-refractivity contribution in [3.05, 3.63) is 36.4 Å². The SMILES string of the molecule is CCOc1ccc(S(=O)(=O)NC2CCCC2)c2ccccc12. The van der Waals surface area contributed by atoms with Gasteiger partial charge in [-0.1, -0.05) is 37.1 Å². The molecule has 0 amide bonds. The van der Waals surface area contributed by atoms with Crippen LogP contribution in [0.4, 0.5) is 0 Å². The molecule has 0 aromatic heterocycles. The predicted octanol–water partition coefficient (Wildman–Crippen LogP) is 3.46. The Hall–Kier alpha value is -1.59. The molecule has 0 unspecified atom stereocenters. The quantitative estimate of drug-likeness (QED) is 0.918. The molecule has 1 aliphatic rings. The fraction of sp³-hybridized carbons (Fsp3) is 0.412. The Labute approximate surface area is 131 Å². The highest BCUT2D eigenvalue weighted by molar-refractivity contribution is 7.89. The molecule has 3 rings (SSSR count). The molecule has 4 nitrogen and oxygen atoms in total. The standard InChI is InChI=1S/C17H21NO3S/c1-2-21-16-11-12-17(15-10-6-5-9-14(15)16)22(19,20)18-13-7-3-4-8-13/h5-6,9-13,18H,2-4,7-8H2,1H3. The van der Waals surface area contributed by atoms with Crippen LogP contribution in [-0.4, -0.2) is 21.1 Å². The summed E-state index contributed by atoms with van der Waals surface area (Å²) in [4.78, 5) is 0.332. The first-order chi connectivity index (χ1) is 10.6. The lowest BCUT2D eigenvalue weighted by molar-refractivity contribution is 0.344. The van der Waals surface area contributed by atoms with Gasteiger partial charge in [-0.15, -0.1) is 0 Å². The fourth-order valence-electron chi connectivity index (χ4n) is 3.09. The second-order valence-corrected chi connectivity index (χ2v) is 7.33. The van der Waals surface area contributed by atoms with Crippen molar-refractivity contribution in [1.82, 2.24) is 4.72 Å². The zero-order chi connectivity index (χ0) is 15.6. The minimum absolute atomic E-state index is 0.0651. The van der Waals surface area contributed by atoms with Crippen molar-refractivity contribution in [3.8, 4) is 5.75 Å². The molecule has 0 atom stereocenters. The zero-order valence-corrected chi connectivity index (χ0v) is 13.5. The number of fused-ring (bicyclic) bond motifs is 1. The maximum Gasteiger partial charge on any atom is 0.241 e. The van der Waals surface area contributed by atoms with Crippen LogP contribution in [0.5, 0.6) is 5.75 Å². The van der Waals surface area contributed by atoms with Crippen molar-refractivity contribution < 1.29 is 13.2 Å². The number of nitrogens with one attached hydrogen (secondary N) is 1. The fourth-order valence-corrected chi connectivity index (χ4v) is 4.60. The Morgan fingerprint density at radius 2 is 1.77 bits per heavy atom. The lowest BCUT2D eigenvalue weighted by Crippen LogP contribution is -2.32. The second kappa shape index (κ2) is 6.26. The summed E-state index contributed by atoms with van der Waals surface area (Å²) in [6.07, 6.45) is 4.04. The van der Waals surface area contributed by atoms with E-state index in [2.05, 4.69) is 4.72 Å². The van der Waals surface area contributed by atoms with Crippen LogP contribution < -0.4 is 9.46 Å². The largest absolute Gasteiger partial charge is 0.493 e. The van der Waals surface area contributed by atoms with Crippen LogP contribution in [0, 0.1) is 0 Å². The van der Waals surface area contributed by atoms with Crippen LogP contribution in [0.3, 0.4) is 0 Å². The summed E-state index contributed by atoms with van der Waals surface area (Å²) in [7, 11) is -3.51. The highest BCUT2D eigenvalue weighted by Crippen LogP contribution is 2.31. The maximum atomic E-state index is 12.7. The zero-order valence-electron chi connectivity index (χ0n) is 12.7. The number of rotatable bonds is 5. The lowest BCUT2D eigenvalue weighted by Gasteiger charge is -2.15. The molecule has 0 saturated heterocycles. The highest BCUT2D eigenvalue weighted by atomic mass is 32.2. The topological polar surface area (TPSA) is 55.4 Å². The first-order valence-electron chi connectivity index (χ1n) is 7.78. The van der Waals surface area contributed by atoms with Gasteiger partial charge in [-0.05, 0) is 31.9 Å². The Bertz CT molecular complexity index is 765. The Balaban J connectivity index is 2.05. The number of benzene rings is 2. The van der Waals surface area contributed by atoms with E-state index in [4.69, 9.17) is 4.74 Å². The smallest absolute Gasteiger partial charge is 0.241 e. The maximum absolute atomic E-state index is 12.7. The third-order valence-electron chi connectivity index (χ3n) is 4.11. The van der Waals surface area contributed by atoms with Gasteiger partial charge in [0.05, 0.1) is 11.5 Å². The van der Waals surface area contributed by atoms with E-state index in [1.54, 1.807) is 12.1 Å². The highest BCUT2D eigenvalue weighted by Gasteiger charge is 2.24. The summed E-state index contributed by atoms with van der Waals surface area (Å²) in [5, 5.41) is 1.54. The summed E-state index contributed by atoms with van der Waals surface area (Å²) in [6.45, 7) is 2.47. The van der Waals surface area contributed by atoms with E-state index in [1.807, 2.05) is 31.2 Å². The number of sulfonamides is 1. The van der Waals surface area contributed by atoms with Gasteiger partial charge in [-0.2, -0.15) is 0 Å². The van der Waals surface area contributed by atoms with Gasteiger partial charge in [-0.3, -0.25) is 0 Å². The first kappa shape index (κ1) is 15.3. The molecule has 118 valence electrons. The molecule has 2 aromatic carbocycles. The molecule has 1 N–H and O–H groups in total. The molecule has 5 heteroatoms. The van der Waals surface area contributed by atoms with Crippen LogP contribution in [0.15, 0.2) is 41.3 Å². The van der Waals surface area contributed by atoms with E-state index in [1.165, 1.54) is 0 Å². The van der Waals surface area contributed by atoms with Crippen molar-refractivity contribution >= 4 is 20.8 Å². The summed E-state index contributed by atoms with van der Waals surface area (Å²) < 4.78 is 33.9. The van der Waals surface area contributed by atoms with Crippen molar-refractivity contribution in [2.24, 2.45) is 0 Å². The van der Waals surface area contributed by atoms with Crippen LogP contribution in [0.1, 0.15) is 32.6 Å². The summed E-state index contributed by atoms with van der Waals surface area (Å²) in [6, 6.07) is 10.9. The average Bonchev–Trinajstić information content (AvgIpc) is 3.00. The van der Waals surface area contributed by atoms with Gasteiger partial charge in [0.2, 0.25) is 10.0 Å². The van der Waals surface area contributed by atoms with Crippen molar-refractivity contribution in [3.63, 3.8) is 0 Å². The number of hydrogen-bond donors (Lipinski definition) is 1. The van der Waals surface area contributed by atoms with Gasteiger partial charge in [-0.25, -0.2) is 13.1 Å². The van der Waals surface area contributed by atoms with Crippen molar-refractivity contribution in [2.75, 3.05) is 6.61 Å². The summed E-state index contributed by atoms with van der Waals surface area (Å²) in [5.41, 5.74) is 0. The van der Waals surface area contributed by atoms with Gasteiger partial charge in [0.1, 0.15) is 5.75 Å².